The van der Waals surface area contributed by atoms with Crippen LogP contribution in [0.15, 0.2) is 12.1 Å². The van der Waals surface area contributed by atoms with Crippen molar-refractivity contribution < 1.29 is 22.7 Å². The van der Waals surface area contributed by atoms with Gasteiger partial charge in [-0.1, -0.05) is 0 Å². The molecule has 1 aliphatic heterocycles. The topological polar surface area (TPSA) is 38.3 Å². The molecule has 6 heteroatoms. The Morgan fingerprint density at radius 2 is 2.12 bits per heavy atom. The molecule has 1 aromatic rings. The van der Waals surface area contributed by atoms with Crippen molar-refractivity contribution >= 4 is 11.6 Å². The van der Waals surface area contributed by atoms with Gasteiger partial charge in [-0.2, -0.15) is 13.2 Å². The first kappa shape index (κ1) is 11.8. The van der Waals surface area contributed by atoms with E-state index in [9.17, 15) is 18.0 Å². The van der Waals surface area contributed by atoms with Crippen molar-refractivity contribution in [2.75, 3.05) is 11.9 Å². The molecule has 1 N–H and O–H groups in total. The lowest BCUT2D eigenvalue weighted by Crippen LogP contribution is -2.29. The number of anilines is 1. The summed E-state index contributed by atoms with van der Waals surface area (Å²) in [5.74, 6) is -1.26. The van der Waals surface area contributed by atoms with E-state index in [0.717, 1.165) is 11.1 Å². The van der Waals surface area contributed by atoms with Gasteiger partial charge in [-0.3, -0.25) is 4.79 Å². The summed E-state index contributed by atoms with van der Waals surface area (Å²) < 4.78 is 41.5. The maximum Gasteiger partial charge on any atom is 0.471 e. The zero-order chi connectivity index (χ0) is 12.6. The standard InChI is InChI=1S/C11H10F3NO2/c1-6-4-8(15-10(16)11(12,13)14)5-7-2-3-17-9(6)7/h4-5H,2-3H2,1H3,(H,15,16). The Morgan fingerprint density at radius 1 is 1.41 bits per heavy atom. The van der Waals surface area contributed by atoms with Gasteiger partial charge in [0.05, 0.1) is 6.61 Å². The number of aryl methyl sites for hydroxylation is 1. The van der Waals surface area contributed by atoms with Crippen LogP contribution in [0.5, 0.6) is 5.75 Å². The molecule has 1 amide bonds. The number of alkyl halides is 3. The van der Waals surface area contributed by atoms with Crippen molar-refractivity contribution in [3.8, 4) is 5.75 Å². The predicted octanol–water partition coefficient (Wildman–Crippen LogP) is 2.43. The van der Waals surface area contributed by atoms with E-state index in [1.165, 1.54) is 12.1 Å². The Morgan fingerprint density at radius 3 is 2.76 bits per heavy atom. The second kappa shape index (κ2) is 3.94. The summed E-state index contributed by atoms with van der Waals surface area (Å²) in [6, 6.07) is 2.98. The number of fused-ring (bicyclic) bond motifs is 1. The lowest BCUT2D eigenvalue weighted by atomic mass is 10.1. The average molecular weight is 245 g/mol. The first-order valence-corrected chi connectivity index (χ1v) is 5.02. The minimum absolute atomic E-state index is 0.147. The number of amides is 1. The van der Waals surface area contributed by atoms with E-state index in [-0.39, 0.29) is 5.69 Å². The summed E-state index contributed by atoms with van der Waals surface area (Å²) in [6.07, 6.45) is -4.23. The number of rotatable bonds is 1. The van der Waals surface area contributed by atoms with Crippen molar-refractivity contribution in [2.24, 2.45) is 0 Å². The largest absolute Gasteiger partial charge is 0.493 e. The molecule has 1 heterocycles. The number of hydrogen-bond donors (Lipinski definition) is 1. The molecule has 3 nitrogen and oxygen atoms in total. The van der Waals surface area contributed by atoms with Crippen LogP contribution < -0.4 is 10.1 Å². The zero-order valence-corrected chi connectivity index (χ0v) is 9.02. The molecule has 1 aliphatic rings. The highest BCUT2D eigenvalue weighted by atomic mass is 19.4. The van der Waals surface area contributed by atoms with Gasteiger partial charge in [-0.05, 0) is 30.2 Å². The Kier molecular flexibility index (Phi) is 2.73. The van der Waals surface area contributed by atoms with Gasteiger partial charge < -0.3 is 10.1 Å². The van der Waals surface area contributed by atoms with Gasteiger partial charge in [0.25, 0.3) is 0 Å². The molecule has 0 aromatic heterocycles. The molecular formula is C11H10F3NO2. The van der Waals surface area contributed by atoms with Gasteiger partial charge >= 0.3 is 12.1 Å². The molecule has 0 spiro atoms. The molecule has 0 aliphatic carbocycles. The number of carbonyl (C=O) groups excluding carboxylic acids is 1. The second-order valence-corrected chi connectivity index (χ2v) is 3.83. The van der Waals surface area contributed by atoms with Crippen LogP contribution in [0.25, 0.3) is 0 Å². The summed E-state index contributed by atoms with van der Waals surface area (Å²) >= 11 is 0. The van der Waals surface area contributed by atoms with Crippen LogP contribution in [0.2, 0.25) is 0 Å². The van der Waals surface area contributed by atoms with Gasteiger partial charge in [-0.25, -0.2) is 0 Å². The quantitative estimate of drug-likeness (QED) is 0.825. The van der Waals surface area contributed by atoms with Crippen molar-refractivity contribution in [1.82, 2.24) is 0 Å². The van der Waals surface area contributed by atoms with E-state index in [2.05, 4.69) is 0 Å². The van der Waals surface area contributed by atoms with E-state index in [1.807, 2.05) is 5.32 Å². The first-order chi connectivity index (χ1) is 7.88. The molecule has 0 unspecified atom stereocenters. The molecule has 0 fully saturated rings. The lowest BCUT2D eigenvalue weighted by Gasteiger charge is -2.10. The summed E-state index contributed by atoms with van der Waals surface area (Å²) in [4.78, 5) is 10.8. The fourth-order valence-electron chi connectivity index (χ4n) is 1.78. The summed E-state index contributed by atoms with van der Waals surface area (Å²) in [5.41, 5.74) is 1.69. The third-order valence-corrected chi connectivity index (χ3v) is 2.48. The van der Waals surface area contributed by atoms with E-state index in [1.54, 1.807) is 6.92 Å². The van der Waals surface area contributed by atoms with Crippen molar-refractivity contribution in [2.45, 2.75) is 19.5 Å². The number of hydrogen-bond acceptors (Lipinski definition) is 2. The molecule has 2 rings (SSSR count). The molecular weight excluding hydrogens is 235 g/mol. The van der Waals surface area contributed by atoms with Crippen molar-refractivity contribution in [1.29, 1.82) is 0 Å². The highest BCUT2D eigenvalue weighted by molar-refractivity contribution is 5.95. The molecule has 0 saturated carbocycles. The Balaban J connectivity index is 2.24. The van der Waals surface area contributed by atoms with Crippen LogP contribution in [-0.4, -0.2) is 18.7 Å². The van der Waals surface area contributed by atoms with Crippen LogP contribution in [0.4, 0.5) is 18.9 Å². The number of benzene rings is 1. The molecule has 0 saturated heterocycles. The monoisotopic (exact) mass is 245 g/mol. The van der Waals surface area contributed by atoms with Gasteiger partial charge in [0, 0.05) is 12.1 Å². The van der Waals surface area contributed by atoms with E-state index >= 15 is 0 Å². The van der Waals surface area contributed by atoms with Gasteiger partial charge in [0.2, 0.25) is 0 Å². The van der Waals surface area contributed by atoms with Crippen LogP contribution in [0, 0.1) is 6.92 Å². The maximum atomic E-state index is 12.1. The van der Waals surface area contributed by atoms with Crippen LogP contribution in [0.1, 0.15) is 11.1 Å². The highest BCUT2D eigenvalue weighted by Gasteiger charge is 2.38. The predicted molar refractivity (Wildman–Crippen MR) is 55.1 cm³/mol. The molecule has 0 atom stereocenters. The number of ether oxygens (including phenoxy) is 1. The second-order valence-electron chi connectivity index (χ2n) is 3.83. The third kappa shape index (κ3) is 2.35. The summed E-state index contributed by atoms with van der Waals surface area (Å²) in [5, 5.41) is 1.83. The van der Waals surface area contributed by atoms with Crippen molar-refractivity contribution in [3.05, 3.63) is 23.3 Å². The zero-order valence-electron chi connectivity index (χ0n) is 9.02. The number of halogens is 3. The Hall–Kier alpha value is -1.72. The molecule has 0 radical (unpaired) electrons. The maximum absolute atomic E-state index is 12.1. The highest BCUT2D eigenvalue weighted by Crippen LogP contribution is 2.32. The number of nitrogens with one attached hydrogen (secondary N) is 1. The molecule has 17 heavy (non-hydrogen) atoms. The Labute approximate surface area is 95.6 Å². The molecule has 1 aromatic carbocycles. The van der Waals surface area contributed by atoms with E-state index in [0.29, 0.717) is 18.8 Å². The van der Waals surface area contributed by atoms with Gasteiger partial charge in [-0.15, -0.1) is 0 Å². The smallest absolute Gasteiger partial charge is 0.471 e. The molecule has 92 valence electrons. The van der Waals surface area contributed by atoms with Crippen molar-refractivity contribution in [3.63, 3.8) is 0 Å². The third-order valence-electron chi connectivity index (χ3n) is 2.48. The lowest BCUT2D eigenvalue weighted by molar-refractivity contribution is -0.167. The molecule has 0 bridgehead atoms. The van der Waals surface area contributed by atoms with Gasteiger partial charge in [0.15, 0.2) is 0 Å². The van der Waals surface area contributed by atoms with Crippen LogP contribution in [0.3, 0.4) is 0 Å². The minimum atomic E-state index is -4.87. The normalized spacial score (nSPS) is 14.1. The van der Waals surface area contributed by atoms with E-state index < -0.39 is 12.1 Å². The van der Waals surface area contributed by atoms with Crippen LogP contribution >= 0.6 is 0 Å². The van der Waals surface area contributed by atoms with E-state index in [4.69, 9.17) is 4.74 Å². The fourth-order valence-corrected chi connectivity index (χ4v) is 1.78. The fraction of sp³-hybridized carbons (Fsp3) is 0.364. The number of carbonyl (C=O) groups is 1. The van der Waals surface area contributed by atoms with Crippen LogP contribution in [-0.2, 0) is 11.2 Å². The van der Waals surface area contributed by atoms with Gasteiger partial charge in [0.1, 0.15) is 5.75 Å². The average Bonchev–Trinajstić information content (AvgIpc) is 2.64. The minimum Gasteiger partial charge on any atom is -0.493 e. The Bertz CT molecular complexity index is 469. The SMILES string of the molecule is Cc1cc(NC(=O)C(F)(F)F)cc2c1OCC2. The summed E-state index contributed by atoms with van der Waals surface area (Å²) in [7, 11) is 0. The first-order valence-electron chi connectivity index (χ1n) is 5.02. The summed E-state index contributed by atoms with van der Waals surface area (Å²) in [6.45, 7) is 2.25.